The summed E-state index contributed by atoms with van der Waals surface area (Å²) in [4.78, 5) is 24.9. The van der Waals surface area contributed by atoms with Crippen molar-refractivity contribution in [3.8, 4) is 0 Å². The van der Waals surface area contributed by atoms with Crippen LogP contribution < -0.4 is 10.6 Å². The summed E-state index contributed by atoms with van der Waals surface area (Å²) in [5, 5.41) is 10.1. The Hall–Kier alpha value is -2.63. The van der Waals surface area contributed by atoms with Crippen molar-refractivity contribution < 1.29 is 9.59 Å². The van der Waals surface area contributed by atoms with Gasteiger partial charge in [0.25, 0.3) is 5.91 Å². The number of aromatic nitrogens is 2. The van der Waals surface area contributed by atoms with E-state index in [1.807, 2.05) is 39.0 Å². The Labute approximate surface area is 154 Å². The topological polar surface area (TPSA) is 76.0 Å². The van der Waals surface area contributed by atoms with E-state index in [-0.39, 0.29) is 17.7 Å². The molecule has 1 aromatic heterocycles. The van der Waals surface area contributed by atoms with E-state index in [0.717, 1.165) is 43.5 Å². The first-order valence-corrected chi connectivity index (χ1v) is 9.25. The third-order valence-corrected chi connectivity index (χ3v) is 5.13. The smallest absolute Gasteiger partial charge is 0.259 e. The van der Waals surface area contributed by atoms with Gasteiger partial charge in [0.15, 0.2) is 0 Å². The van der Waals surface area contributed by atoms with Crippen molar-refractivity contribution in [3.05, 3.63) is 41.2 Å². The number of amides is 2. The molecule has 0 saturated heterocycles. The second kappa shape index (κ2) is 7.72. The first kappa shape index (κ1) is 18.2. The second-order valence-electron chi connectivity index (χ2n) is 6.91. The molecule has 1 heterocycles. The minimum Gasteiger partial charge on any atom is -0.326 e. The van der Waals surface area contributed by atoms with Crippen molar-refractivity contribution in [2.24, 2.45) is 5.92 Å². The Morgan fingerprint density at radius 3 is 2.58 bits per heavy atom. The summed E-state index contributed by atoms with van der Waals surface area (Å²) in [5.74, 6) is -0.00913. The second-order valence-corrected chi connectivity index (χ2v) is 6.91. The van der Waals surface area contributed by atoms with Gasteiger partial charge in [-0.05, 0) is 51.3 Å². The average molecular weight is 354 g/mol. The van der Waals surface area contributed by atoms with E-state index in [2.05, 4.69) is 15.7 Å². The molecule has 0 bridgehead atoms. The van der Waals surface area contributed by atoms with Gasteiger partial charge in [-0.2, -0.15) is 5.10 Å². The van der Waals surface area contributed by atoms with E-state index in [9.17, 15) is 9.59 Å². The molecule has 0 spiro atoms. The molecule has 1 saturated carbocycles. The maximum Gasteiger partial charge on any atom is 0.259 e. The first-order valence-electron chi connectivity index (χ1n) is 9.25. The number of rotatable bonds is 5. The number of carbonyl (C=O) groups is 2. The number of aryl methyl sites for hydroxylation is 2. The quantitative estimate of drug-likeness (QED) is 0.855. The van der Waals surface area contributed by atoms with Crippen molar-refractivity contribution in [2.75, 3.05) is 10.6 Å². The van der Waals surface area contributed by atoms with E-state index in [4.69, 9.17) is 0 Å². The summed E-state index contributed by atoms with van der Waals surface area (Å²) < 4.78 is 1.79. The van der Waals surface area contributed by atoms with Crippen LogP contribution in [0.15, 0.2) is 24.4 Å². The molecule has 2 aromatic rings. The molecule has 2 amide bonds. The van der Waals surface area contributed by atoms with E-state index >= 15 is 0 Å². The van der Waals surface area contributed by atoms with Crippen LogP contribution >= 0.6 is 0 Å². The van der Waals surface area contributed by atoms with Gasteiger partial charge in [-0.3, -0.25) is 14.3 Å². The Morgan fingerprint density at radius 2 is 1.92 bits per heavy atom. The van der Waals surface area contributed by atoms with Gasteiger partial charge in [0.05, 0.1) is 11.8 Å². The highest BCUT2D eigenvalue weighted by atomic mass is 16.2. The van der Waals surface area contributed by atoms with Crippen molar-refractivity contribution >= 4 is 23.2 Å². The maximum atomic E-state index is 12.6. The molecule has 1 aliphatic rings. The van der Waals surface area contributed by atoms with Gasteiger partial charge in [-0.15, -0.1) is 0 Å². The number of carbonyl (C=O) groups excluding carboxylic acids is 2. The number of benzene rings is 1. The van der Waals surface area contributed by atoms with Crippen LogP contribution in [0.1, 0.15) is 54.2 Å². The lowest BCUT2D eigenvalue weighted by atomic mass is 10.1. The van der Waals surface area contributed by atoms with Crippen LogP contribution in [0, 0.1) is 19.8 Å². The van der Waals surface area contributed by atoms with Crippen LogP contribution in [0.5, 0.6) is 0 Å². The molecule has 0 radical (unpaired) electrons. The van der Waals surface area contributed by atoms with E-state index in [0.29, 0.717) is 16.9 Å². The zero-order valence-electron chi connectivity index (χ0n) is 15.6. The van der Waals surface area contributed by atoms with Crippen LogP contribution in [0.25, 0.3) is 0 Å². The van der Waals surface area contributed by atoms with Gasteiger partial charge >= 0.3 is 0 Å². The van der Waals surface area contributed by atoms with Gasteiger partial charge in [0.1, 0.15) is 0 Å². The molecule has 0 unspecified atom stereocenters. The monoisotopic (exact) mass is 354 g/mol. The molecule has 3 rings (SSSR count). The van der Waals surface area contributed by atoms with Crippen molar-refractivity contribution in [1.29, 1.82) is 0 Å². The maximum absolute atomic E-state index is 12.6. The van der Waals surface area contributed by atoms with Crippen LogP contribution in [0.2, 0.25) is 0 Å². The molecule has 138 valence electrons. The molecule has 6 heteroatoms. The molecule has 0 aliphatic heterocycles. The summed E-state index contributed by atoms with van der Waals surface area (Å²) in [6.07, 6.45) is 5.76. The van der Waals surface area contributed by atoms with Gasteiger partial charge in [0, 0.05) is 29.5 Å². The minimum atomic E-state index is -0.190. The zero-order valence-corrected chi connectivity index (χ0v) is 15.6. The number of nitrogens with zero attached hydrogens (tertiary/aromatic N) is 2. The normalized spacial score (nSPS) is 14.4. The van der Waals surface area contributed by atoms with Crippen molar-refractivity contribution in [3.63, 3.8) is 0 Å². The molecule has 0 atom stereocenters. The standard InChI is InChI=1S/C20H26N4O2/c1-4-24-14(3)17(12-21-24)20(26)23-18-11-16(10-9-13(18)2)22-19(25)15-7-5-6-8-15/h9-12,15H,4-8H2,1-3H3,(H,22,25)(H,23,26). The Kier molecular flexibility index (Phi) is 5.40. The third-order valence-electron chi connectivity index (χ3n) is 5.13. The molecular formula is C20H26N4O2. The van der Waals surface area contributed by atoms with Gasteiger partial charge in [0.2, 0.25) is 5.91 Å². The summed E-state index contributed by atoms with van der Waals surface area (Å²) in [6.45, 7) is 6.53. The van der Waals surface area contributed by atoms with E-state index < -0.39 is 0 Å². The number of nitrogens with one attached hydrogen (secondary N) is 2. The zero-order chi connectivity index (χ0) is 18.7. The highest BCUT2D eigenvalue weighted by Gasteiger charge is 2.23. The summed E-state index contributed by atoms with van der Waals surface area (Å²) in [6, 6.07) is 5.60. The summed E-state index contributed by atoms with van der Waals surface area (Å²) in [5.41, 5.74) is 3.75. The summed E-state index contributed by atoms with van der Waals surface area (Å²) >= 11 is 0. The van der Waals surface area contributed by atoms with Crippen LogP contribution in [0.4, 0.5) is 11.4 Å². The Morgan fingerprint density at radius 1 is 1.19 bits per heavy atom. The fourth-order valence-electron chi connectivity index (χ4n) is 3.44. The molecule has 1 aliphatic carbocycles. The largest absolute Gasteiger partial charge is 0.326 e. The molecule has 26 heavy (non-hydrogen) atoms. The minimum absolute atomic E-state index is 0.0729. The van der Waals surface area contributed by atoms with Crippen molar-refractivity contribution in [1.82, 2.24) is 9.78 Å². The fraction of sp³-hybridized carbons (Fsp3) is 0.450. The number of hydrogen-bond donors (Lipinski definition) is 2. The lowest BCUT2D eigenvalue weighted by molar-refractivity contribution is -0.119. The average Bonchev–Trinajstić information content (AvgIpc) is 3.27. The number of anilines is 2. The SMILES string of the molecule is CCn1ncc(C(=O)Nc2cc(NC(=O)C3CCCC3)ccc2C)c1C. The predicted octanol–water partition coefficient (Wildman–Crippen LogP) is 3.90. The summed E-state index contributed by atoms with van der Waals surface area (Å²) in [7, 11) is 0. The van der Waals surface area contributed by atoms with E-state index in [1.165, 1.54) is 0 Å². The lowest BCUT2D eigenvalue weighted by Crippen LogP contribution is -2.20. The molecule has 1 fully saturated rings. The highest BCUT2D eigenvalue weighted by molar-refractivity contribution is 6.05. The highest BCUT2D eigenvalue weighted by Crippen LogP contribution is 2.27. The Balaban J connectivity index is 1.73. The van der Waals surface area contributed by atoms with E-state index in [1.54, 1.807) is 10.9 Å². The fourth-order valence-corrected chi connectivity index (χ4v) is 3.44. The van der Waals surface area contributed by atoms with Crippen LogP contribution in [-0.4, -0.2) is 21.6 Å². The third kappa shape index (κ3) is 3.79. The van der Waals surface area contributed by atoms with Crippen LogP contribution in [0.3, 0.4) is 0 Å². The van der Waals surface area contributed by atoms with Crippen LogP contribution in [-0.2, 0) is 11.3 Å². The first-order chi connectivity index (χ1) is 12.5. The molecule has 2 N–H and O–H groups in total. The van der Waals surface area contributed by atoms with Gasteiger partial charge in [-0.25, -0.2) is 0 Å². The molecule has 1 aromatic carbocycles. The van der Waals surface area contributed by atoms with Gasteiger partial charge in [-0.1, -0.05) is 18.9 Å². The Bertz CT molecular complexity index is 819. The predicted molar refractivity (Wildman–Crippen MR) is 102 cm³/mol. The lowest BCUT2D eigenvalue weighted by Gasteiger charge is -2.13. The van der Waals surface area contributed by atoms with Gasteiger partial charge < -0.3 is 10.6 Å². The molecular weight excluding hydrogens is 328 g/mol. The molecule has 6 nitrogen and oxygen atoms in total. The van der Waals surface area contributed by atoms with Crippen molar-refractivity contribution in [2.45, 2.75) is 53.0 Å². The number of hydrogen-bond acceptors (Lipinski definition) is 3.